The molecular weight excluding hydrogens is 376 g/mol. The molecule has 0 aliphatic carbocycles. The van der Waals surface area contributed by atoms with Crippen molar-refractivity contribution in [3.8, 4) is 5.75 Å². The van der Waals surface area contributed by atoms with Gasteiger partial charge in [-0.1, -0.05) is 36.4 Å². The summed E-state index contributed by atoms with van der Waals surface area (Å²) in [6.45, 7) is 2.44. The van der Waals surface area contributed by atoms with Gasteiger partial charge in [0.1, 0.15) is 5.75 Å². The van der Waals surface area contributed by atoms with Crippen molar-refractivity contribution in [3.63, 3.8) is 0 Å². The highest BCUT2D eigenvalue weighted by atomic mass is 16.5. The van der Waals surface area contributed by atoms with E-state index in [2.05, 4.69) is 18.3 Å². The highest BCUT2D eigenvalue weighted by Crippen LogP contribution is 2.34. The average molecular weight is 400 g/mol. The second-order valence-corrected chi connectivity index (χ2v) is 7.47. The summed E-state index contributed by atoms with van der Waals surface area (Å²) in [5.41, 5.74) is 4.24. The van der Waals surface area contributed by atoms with E-state index in [1.807, 2.05) is 47.4 Å². The molecule has 30 heavy (non-hydrogen) atoms. The van der Waals surface area contributed by atoms with Gasteiger partial charge in [-0.15, -0.1) is 0 Å². The normalized spacial score (nSPS) is 14.9. The number of hydrogen-bond acceptors (Lipinski definition) is 3. The lowest BCUT2D eigenvalue weighted by molar-refractivity contribution is 0.0948. The standard InChI is InChI=1S/C25H24N2O3/c1-17-13-20-12-11-18(16-26-24(28)21-9-6-10-22(15-21)30-2)14-23(20)27(17)25(29)19-7-4-3-5-8-19/h3-12,14-15,17H,13,16H2,1-2H3,(H,26,28)/t17-/m0/s1. The van der Waals surface area contributed by atoms with Crippen molar-refractivity contribution in [2.45, 2.75) is 25.9 Å². The topological polar surface area (TPSA) is 58.6 Å². The first-order valence-corrected chi connectivity index (χ1v) is 9.99. The highest BCUT2D eigenvalue weighted by molar-refractivity contribution is 6.07. The van der Waals surface area contributed by atoms with E-state index >= 15 is 0 Å². The number of carbonyl (C=O) groups is 2. The predicted octanol–water partition coefficient (Wildman–Crippen LogP) is 4.22. The van der Waals surface area contributed by atoms with Crippen LogP contribution in [-0.4, -0.2) is 25.0 Å². The maximum Gasteiger partial charge on any atom is 0.258 e. The zero-order chi connectivity index (χ0) is 21.1. The molecule has 2 amide bonds. The van der Waals surface area contributed by atoms with E-state index in [1.54, 1.807) is 31.4 Å². The molecule has 0 unspecified atom stereocenters. The number of hydrogen-bond donors (Lipinski definition) is 1. The number of nitrogens with zero attached hydrogens (tertiary/aromatic N) is 1. The molecule has 3 aromatic rings. The van der Waals surface area contributed by atoms with Crippen LogP contribution >= 0.6 is 0 Å². The van der Waals surface area contributed by atoms with Crippen molar-refractivity contribution in [1.82, 2.24) is 5.32 Å². The Morgan fingerprint density at radius 2 is 1.77 bits per heavy atom. The van der Waals surface area contributed by atoms with E-state index in [0.29, 0.717) is 23.4 Å². The summed E-state index contributed by atoms with van der Waals surface area (Å²) in [4.78, 5) is 27.4. The molecule has 3 aromatic carbocycles. The monoisotopic (exact) mass is 400 g/mol. The molecule has 0 fully saturated rings. The molecule has 0 saturated carbocycles. The van der Waals surface area contributed by atoms with Gasteiger partial charge in [-0.05, 0) is 60.9 Å². The number of methoxy groups -OCH3 is 1. The molecule has 0 radical (unpaired) electrons. The number of ether oxygens (including phenoxy) is 1. The summed E-state index contributed by atoms with van der Waals surface area (Å²) in [7, 11) is 1.57. The van der Waals surface area contributed by atoms with Gasteiger partial charge in [0, 0.05) is 29.4 Å². The maximum atomic E-state index is 13.1. The molecule has 0 aromatic heterocycles. The summed E-state index contributed by atoms with van der Waals surface area (Å²) >= 11 is 0. The number of nitrogens with one attached hydrogen (secondary N) is 1. The number of amides is 2. The first kappa shape index (κ1) is 19.7. The van der Waals surface area contributed by atoms with E-state index in [1.165, 1.54) is 0 Å². The average Bonchev–Trinajstić information content (AvgIpc) is 3.12. The Kier molecular flexibility index (Phi) is 5.53. The third-order valence-corrected chi connectivity index (χ3v) is 5.39. The lowest BCUT2D eigenvalue weighted by atomic mass is 10.1. The Morgan fingerprint density at radius 3 is 2.53 bits per heavy atom. The minimum Gasteiger partial charge on any atom is -0.497 e. The lowest BCUT2D eigenvalue weighted by Crippen LogP contribution is -2.35. The second kappa shape index (κ2) is 8.41. The third-order valence-electron chi connectivity index (χ3n) is 5.39. The van der Waals surface area contributed by atoms with Crippen molar-refractivity contribution >= 4 is 17.5 Å². The second-order valence-electron chi connectivity index (χ2n) is 7.47. The zero-order valence-electron chi connectivity index (χ0n) is 17.1. The molecule has 0 saturated heterocycles. The van der Waals surface area contributed by atoms with Crippen LogP contribution in [0.4, 0.5) is 5.69 Å². The van der Waals surface area contributed by atoms with Gasteiger partial charge >= 0.3 is 0 Å². The van der Waals surface area contributed by atoms with Crippen LogP contribution in [0, 0.1) is 0 Å². The van der Waals surface area contributed by atoms with Crippen molar-refractivity contribution in [1.29, 1.82) is 0 Å². The number of anilines is 1. The summed E-state index contributed by atoms with van der Waals surface area (Å²) in [6, 6.07) is 22.5. The molecule has 1 aliphatic rings. The van der Waals surface area contributed by atoms with Crippen LogP contribution in [0.3, 0.4) is 0 Å². The van der Waals surface area contributed by atoms with E-state index in [9.17, 15) is 9.59 Å². The largest absolute Gasteiger partial charge is 0.497 e. The summed E-state index contributed by atoms with van der Waals surface area (Å²) in [5.74, 6) is 0.476. The lowest BCUT2D eigenvalue weighted by Gasteiger charge is -2.23. The van der Waals surface area contributed by atoms with Crippen LogP contribution in [-0.2, 0) is 13.0 Å². The molecule has 152 valence electrons. The fraction of sp³-hybridized carbons (Fsp3) is 0.200. The van der Waals surface area contributed by atoms with Crippen molar-refractivity contribution < 1.29 is 14.3 Å². The van der Waals surface area contributed by atoms with Gasteiger partial charge in [0.15, 0.2) is 0 Å². The van der Waals surface area contributed by atoms with Gasteiger partial charge < -0.3 is 15.0 Å². The molecule has 1 heterocycles. The Labute approximate surface area is 176 Å². The molecule has 1 aliphatic heterocycles. The predicted molar refractivity (Wildman–Crippen MR) is 117 cm³/mol. The molecule has 0 bridgehead atoms. The summed E-state index contributed by atoms with van der Waals surface area (Å²) < 4.78 is 5.18. The molecule has 0 spiro atoms. The number of benzene rings is 3. The molecule has 1 N–H and O–H groups in total. The Bertz CT molecular complexity index is 1080. The van der Waals surface area contributed by atoms with Crippen LogP contribution in [0.1, 0.15) is 38.8 Å². The smallest absolute Gasteiger partial charge is 0.258 e. The fourth-order valence-corrected chi connectivity index (χ4v) is 3.84. The molecule has 5 nitrogen and oxygen atoms in total. The highest BCUT2D eigenvalue weighted by Gasteiger charge is 2.31. The van der Waals surface area contributed by atoms with Crippen LogP contribution < -0.4 is 15.0 Å². The van der Waals surface area contributed by atoms with E-state index in [-0.39, 0.29) is 17.9 Å². The Hall–Kier alpha value is -3.60. The van der Waals surface area contributed by atoms with E-state index in [4.69, 9.17) is 4.74 Å². The van der Waals surface area contributed by atoms with Gasteiger partial charge in [-0.25, -0.2) is 0 Å². The minimum atomic E-state index is -0.167. The van der Waals surface area contributed by atoms with Crippen LogP contribution in [0.15, 0.2) is 72.8 Å². The van der Waals surface area contributed by atoms with E-state index in [0.717, 1.165) is 23.2 Å². The van der Waals surface area contributed by atoms with Crippen molar-refractivity contribution in [2.24, 2.45) is 0 Å². The summed E-state index contributed by atoms with van der Waals surface area (Å²) in [5, 5.41) is 2.95. The molecular formula is C25H24N2O3. The van der Waals surface area contributed by atoms with Crippen molar-refractivity contribution in [2.75, 3.05) is 12.0 Å². The minimum absolute atomic E-state index is 0.000541. The maximum absolute atomic E-state index is 13.1. The van der Waals surface area contributed by atoms with Crippen LogP contribution in [0.5, 0.6) is 5.75 Å². The van der Waals surface area contributed by atoms with Gasteiger partial charge in [-0.2, -0.15) is 0 Å². The van der Waals surface area contributed by atoms with Gasteiger partial charge in [-0.3, -0.25) is 9.59 Å². The SMILES string of the molecule is COc1cccc(C(=O)NCc2ccc3c(c2)N(C(=O)c2ccccc2)[C@@H](C)C3)c1. The first-order valence-electron chi connectivity index (χ1n) is 9.99. The van der Waals surface area contributed by atoms with Crippen LogP contribution in [0.2, 0.25) is 0 Å². The van der Waals surface area contributed by atoms with Crippen molar-refractivity contribution in [3.05, 3.63) is 95.1 Å². The molecule has 4 rings (SSSR count). The Balaban J connectivity index is 1.51. The van der Waals surface area contributed by atoms with Crippen LogP contribution in [0.25, 0.3) is 0 Å². The molecule has 5 heteroatoms. The fourth-order valence-electron chi connectivity index (χ4n) is 3.84. The van der Waals surface area contributed by atoms with Gasteiger partial charge in [0.05, 0.1) is 7.11 Å². The summed E-state index contributed by atoms with van der Waals surface area (Å²) in [6.07, 6.45) is 0.824. The zero-order valence-corrected chi connectivity index (χ0v) is 17.1. The molecule has 1 atom stereocenters. The van der Waals surface area contributed by atoms with E-state index < -0.39 is 0 Å². The third kappa shape index (κ3) is 3.92. The number of rotatable bonds is 5. The Morgan fingerprint density at radius 1 is 1.00 bits per heavy atom. The van der Waals surface area contributed by atoms with Gasteiger partial charge in [0.25, 0.3) is 11.8 Å². The first-order chi connectivity index (χ1) is 14.6. The van der Waals surface area contributed by atoms with Gasteiger partial charge in [0.2, 0.25) is 0 Å². The number of fused-ring (bicyclic) bond motifs is 1. The number of carbonyl (C=O) groups excluding carboxylic acids is 2. The quantitative estimate of drug-likeness (QED) is 0.698.